The molecule has 0 saturated carbocycles. The molecular weight excluding hydrogens is 256 g/mol. The molecule has 1 amide bonds. The molecule has 0 fully saturated rings. The number of esters is 1. The van der Waals surface area contributed by atoms with Crippen LogP contribution in [0.3, 0.4) is 0 Å². The van der Waals surface area contributed by atoms with E-state index in [2.05, 4.69) is 16.2 Å². The lowest BCUT2D eigenvalue weighted by atomic mass is 10.1. The van der Waals surface area contributed by atoms with Crippen molar-refractivity contribution in [2.24, 2.45) is 0 Å². The molecule has 5 nitrogen and oxygen atoms in total. The highest BCUT2D eigenvalue weighted by Crippen LogP contribution is 2.16. The van der Waals surface area contributed by atoms with Gasteiger partial charge in [-0.05, 0) is 12.1 Å². The summed E-state index contributed by atoms with van der Waals surface area (Å²) in [6, 6.07) is 8.82. The standard InChI is InChI=1S/C15H12N2O3/c1-2-8-16-13(18)10-20-15(19)12-7-3-5-11-6-4-9-17-14(11)12/h1,3-7,9H,8,10H2,(H,16,18). The van der Waals surface area contributed by atoms with Crippen molar-refractivity contribution in [2.75, 3.05) is 13.2 Å². The van der Waals surface area contributed by atoms with E-state index in [1.165, 1.54) is 0 Å². The molecule has 1 aromatic carbocycles. The molecule has 5 heteroatoms. The number of fused-ring (bicyclic) bond motifs is 1. The molecule has 0 bridgehead atoms. The van der Waals surface area contributed by atoms with Gasteiger partial charge in [-0.15, -0.1) is 6.42 Å². The zero-order chi connectivity index (χ0) is 14.4. The Balaban J connectivity index is 2.09. The molecule has 0 atom stereocenters. The topological polar surface area (TPSA) is 68.3 Å². The second-order valence-corrected chi connectivity index (χ2v) is 3.94. The Labute approximate surface area is 116 Å². The first kappa shape index (κ1) is 13.6. The minimum Gasteiger partial charge on any atom is -0.452 e. The number of para-hydroxylation sites is 1. The summed E-state index contributed by atoms with van der Waals surface area (Å²) in [6.07, 6.45) is 6.60. The highest BCUT2D eigenvalue weighted by atomic mass is 16.5. The fourth-order valence-electron chi connectivity index (χ4n) is 1.68. The largest absolute Gasteiger partial charge is 0.452 e. The van der Waals surface area contributed by atoms with Crippen LogP contribution in [0.2, 0.25) is 0 Å². The molecule has 1 N–H and O–H groups in total. The molecule has 20 heavy (non-hydrogen) atoms. The van der Waals surface area contributed by atoms with Crippen molar-refractivity contribution >= 4 is 22.8 Å². The number of carbonyl (C=O) groups excluding carboxylic acids is 2. The van der Waals surface area contributed by atoms with E-state index in [1.807, 2.05) is 12.1 Å². The average Bonchev–Trinajstić information content (AvgIpc) is 2.50. The molecule has 0 aliphatic rings. The third-order valence-electron chi connectivity index (χ3n) is 2.57. The number of hydrogen-bond acceptors (Lipinski definition) is 4. The number of ether oxygens (including phenoxy) is 1. The number of nitrogens with one attached hydrogen (secondary N) is 1. The van der Waals surface area contributed by atoms with E-state index in [0.29, 0.717) is 11.1 Å². The van der Waals surface area contributed by atoms with Gasteiger partial charge in [0.1, 0.15) is 0 Å². The van der Waals surface area contributed by atoms with Crippen LogP contribution in [-0.4, -0.2) is 30.0 Å². The van der Waals surface area contributed by atoms with Crippen molar-refractivity contribution in [3.8, 4) is 12.3 Å². The second-order valence-electron chi connectivity index (χ2n) is 3.94. The van der Waals surface area contributed by atoms with Gasteiger partial charge < -0.3 is 10.1 Å². The lowest BCUT2D eigenvalue weighted by Gasteiger charge is -2.06. The number of hydrogen-bond donors (Lipinski definition) is 1. The highest BCUT2D eigenvalue weighted by Gasteiger charge is 2.13. The van der Waals surface area contributed by atoms with Crippen LogP contribution in [0.15, 0.2) is 36.5 Å². The number of pyridine rings is 1. The number of nitrogens with zero attached hydrogens (tertiary/aromatic N) is 1. The predicted octanol–water partition coefficient (Wildman–Crippen LogP) is 1.14. The van der Waals surface area contributed by atoms with Crippen LogP contribution in [-0.2, 0) is 9.53 Å². The van der Waals surface area contributed by atoms with E-state index >= 15 is 0 Å². The van der Waals surface area contributed by atoms with Crippen molar-refractivity contribution in [3.05, 3.63) is 42.1 Å². The number of terminal acetylenes is 1. The lowest BCUT2D eigenvalue weighted by molar-refractivity contribution is -0.123. The van der Waals surface area contributed by atoms with Crippen molar-refractivity contribution < 1.29 is 14.3 Å². The Bertz CT molecular complexity index is 684. The van der Waals surface area contributed by atoms with Crippen LogP contribution in [0.1, 0.15) is 10.4 Å². The molecular formula is C15H12N2O3. The number of aromatic nitrogens is 1. The van der Waals surface area contributed by atoms with Gasteiger partial charge in [-0.25, -0.2) is 4.79 Å². The van der Waals surface area contributed by atoms with Gasteiger partial charge in [-0.2, -0.15) is 0 Å². The highest BCUT2D eigenvalue weighted by molar-refractivity contribution is 6.03. The van der Waals surface area contributed by atoms with E-state index in [0.717, 1.165) is 5.39 Å². The van der Waals surface area contributed by atoms with Gasteiger partial charge in [0.15, 0.2) is 6.61 Å². The summed E-state index contributed by atoms with van der Waals surface area (Å²) in [5.74, 6) is 1.23. The average molecular weight is 268 g/mol. The maximum Gasteiger partial charge on any atom is 0.340 e. The third kappa shape index (κ3) is 3.12. The minimum atomic E-state index is -0.592. The summed E-state index contributed by atoms with van der Waals surface area (Å²) in [6.45, 7) is -0.268. The fourth-order valence-corrected chi connectivity index (χ4v) is 1.68. The number of amides is 1. The normalized spacial score (nSPS) is 9.75. The molecule has 100 valence electrons. The van der Waals surface area contributed by atoms with E-state index < -0.39 is 11.9 Å². The van der Waals surface area contributed by atoms with Crippen LogP contribution >= 0.6 is 0 Å². The molecule has 1 aromatic heterocycles. The molecule has 0 spiro atoms. The molecule has 0 aliphatic heterocycles. The Morgan fingerprint density at radius 3 is 2.90 bits per heavy atom. The van der Waals surface area contributed by atoms with Gasteiger partial charge in [-0.1, -0.05) is 24.1 Å². The lowest BCUT2D eigenvalue weighted by Crippen LogP contribution is -2.29. The molecule has 2 aromatic rings. The summed E-state index contributed by atoms with van der Waals surface area (Å²) < 4.78 is 4.94. The van der Waals surface area contributed by atoms with Gasteiger partial charge in [-0.3, -0.25) is 9.78 Å². The van der Waals surface area contributed by atoms with Crippen LogP contribution in [0, 0.1) is 12.3 Å². The molecule has 0 aliphatic carbocycles. The summed E-state index contributed by atoms with van der Waals surface area (Å²) in [5.41, 5.74) is 0.872. The fraction of sp³-hybridized carbons (Fsp3) is 0.133. The van der Waals surface area contributed by atoms with Crippen molar-refractivity contribution in [2.45, 2.75) is 0 Å². The van der Waals surface area contributed by atoms with Crippen LogP contribution in [0.4, 0.5) is 0 Å². The SMILES string of the molecule is C#CCNC(=O)COC(=O)c1cccc2cccnc12. The van der Waals surface area contributed by atoms with Crippen LogP contribution in [0.25, 0.3) is 10.9 Å². The minimum absolute atomic E-state index is 0.103. The summed E-state index contributed by atoms with van der Waals surface area (Å²) >= 11 is 0. The molecule has 0 radical (unpaired) electrons. The van der Waals surface area contributed by atoms with Gasteiger partial charge in [0.05, 0.1) is 17.6 Å². The van der Waals surface area contributed by atoms with E-state index in [4.69, 9.17) is 11.2 Å². The van der Waals surface area contributed by atoms with Crippen molar-refractivity contribution in [3.63, 3.8) is 0 Å². The van der Waals surface area contributed by atoms with E-state index in [9.17, 15) is 9.59 Å². The van der Waals surface area contributed by atoms with Gasteiger partial charge >= 0.3 is 5.97 Å². The van der Waals surface area contributed by atoms with E-state index in [-0.39, 0.29) is 13.2 Å². The van der Waals surface area contributed by atoms with Gasteiger partial charge in [0.2, 0.25) is 0 Å². The number of benzene rings is 1. The van der Waals surface area contributed by atoms with Crippen molar-refractivity contribution in [1.82, 2.24) is 10.3 Å². The zero-order valence-corrected chi connectivity index (χ0v) is 10.6. The number of carbonyl (C=O) groups is 2. The van der Waals surface area contributed by atoms with Crippen LogP contribution in [0.5, 0.6) is 0 Å². The Hall–Kier alpha value is -2.87. The Morgan fingerprint density at radius 1 is 1.30 bits per heavy atom. The zero-order valence-electron chi connectivity index (χ0n) is 10.6. The van der Waals surface area contributed by atoms with Gasteiger partial charge in [0.25, 0.3) is 5.91 Å². The van der Waals surface area contributed by atoms with Crippen molar-refractivity contribution in [1.29, 1.82) is 0 Å². The Morgan fingerprint density at radius 2 is 2.10 bits per heavy atom. The predicted molar refractivity (Wildman–Crippen MR) is 73.9 cm³/mol. The molecule has 0 saturated heterocycles. The first-order valence-electron chi connectivity index (χ1n) is 5.93. The molecule has 2 rings (SSSR count). The maximum absolute atomic E-state index is 12.0. The molecule has 1 heterocycles. The first-order chi connectivity index (χ1) is 9.72. The Kier molecular flexibility index (Phi) is 4.30. The maximum atomic E-state index is 12.0. The third-order valence-corrected chi connectivity index (χ3v) is 2.57. The first-order valence-corrected chi connectivity index (χ1v) is 5.93. The quantitative estimate of drug-likeness (QED) is 0.667. The monoisotopic (exact) mass is 268 g/mol. The van der Waals surface area contributed by atoms with Gasteiger partial charge in [0, 0.05) is 11.6 Å². The molecule has 0 unspecified atom stereocenters. The second kappa shape index (κ2) is 6.34. The van der Waals surface area contributed by atoms with E-state index in [1.54, 1.807) is 24.4 Å². The summed E-state index contributed by atoms with van der Waals surface area (Å²) in [5, 5.41) is 3.24. The summed E-state index contributed by atoms with van der Waals surface area (Å²) in [4.78, 5) is 27.4. The smallest absolute Gasteiger partial charge is 0.340 e. The number of rotatable bonds is 4. The summed E-state index contributed by atoms with van der Waals surface area (Å²) in [7, 11) is 0. The van der Waals surface area contributed by atoms with Crippen LogP contribution < -0.4 is 5.32 Å².